The molecular formula is C13H8BrFN2. The molecule has 2 aromatic rings. The fourth-order valence-electron chi connectivity index (χ4n) is 1.44. The molecule has 0 aromatic heterocycles. The van der Waals surface area contributed by atoms with Gasteiger partial charge >= 0.3 is 0 Å². The highest BCUT2D eigenvalue weighted by atomic mass is 79.9. The lowest BCUT2D eigenvalue weighted by Gasteiger charge is -2.10. The summed E-state index contributed by atoms with van der Waals surface area (Å²) >= 11 is 3.27. The second kappa shape index (κ2) is 4.98. The van der Waals surface area contributed by atoms with Gasteiger partial charge in [0.05, 0.1) is 16.9 Å². The quantitative estimate of drug-likeness (QED) is 0.900. The van der Waals surface area contributed by atoms with Gasteiger partial charge in [0.2, 0.25) is 0 Å². The van der Waals surface area contributed by atoms with Crippen molar-refractivity contribution in [3.05, 3.63) is 58.3 Å². The van der Waals surface area contributed by atoms with Gasteiger partial charge < -0.3 is 5.32 Å². The lowest BCUT2D eigenvalue weighted by molar-refractivity contribution is 0.631. The molecule has 2 nitrogen and oxygen atoms in total. The molecule has 2 aromatic carbocycles. The summed E-state index contributed by atoms with van der Waals surface area (Å²) in [4.78, 5) is 0. The van der Waals surface area contributed by atoms with E-state index in [0.29, 0.717) is 21.4 Å². The summed E-state index contributed by atoms with van der Waals surface area (Å²) in [5.74, 6) is -0.368. The van der Waals surface area contributed by atoms with Gasteiger partial charge in [0.1, 0.15) is 11.9 Å². The van der Waals surface area contributed by atoms with E-state index >= 15 is 0 Å². The van der Waals surface area contributed by atoms with Crippen molar-refractivity contribution in [3.63, 3.8) is 0 Å². The topological polar surface area (TPSA) is 35.8 Å². The number of nitrogens with one attached hydrogen (secondary N) is 1. The van der Waals surface area contributed by atoms with E-state index in [1.54, 1.807) is 36.4 Å². The van der Waals surface area contributed by atoms with Crippen LogP contribution in [0.5, 0.6) is 0 Å². The maximum absolute atomic E-state index is 13.6. The van der Waals surface area contributed by atoms with Crippen LogP contribution in [0.2, 0.25) is 0 Å². The van der Waals surface area contributed by atoms with Gasteiger partial charge in [-0.2, -0.15) is 5.26 Å². The number of nitrogens with zero attached hydrogens (tertiary/aromatic N) is 1. The Hall–Kier alpha value is -1.86. The molecule has 1 N–H and O–H groups in total. The SMILES string of the molecule is N#Cc1ccccc1Nc1c(F)cccc1Br. The summed E-state index contributed by atoms with van der Waals surface area (Å²) in [5.41, 5.74) is 1.39. The number of rotatable bonds is 2. The average molecular weight is 291 g/mol. The first-order chi connectivity index (χ1) is 8.22. The summed E-state index contributed by atoms with van der Waals surface area (Å²) in [6.45, 7) is 0. The third-order valence-corrected chi connectivity index (χ3v) is 2.93. The van der Waals surface area contributed by atoms with Crippen LogP contribution in [0.25, 0.3) is 0 Å². The van der Waals surface area contributed by atoms with Gasteiger partial charge in [0, 0.05) is 4.47 Å². The van der Waals surface area contributed by atoms with Crippen molar-refractivity contribution in [2.75, 3.05) is 5.32 Å². The van der Waals surface area contributed by atoms with E-state index in [4.69, 9.17) is 5.26 Å². The van der Waals surface area contributed by atoms with Crippen molar-refractivity contribution in [3.8, 4) is 6.07 Å². The lowest BCUT2D eigenvalue weighted by Crippen LogP contribution is -1.97. The number of hydrogen-bond acceptors (Lipinski definition) is 2. The minimum Gasteiger partial charge on any atom is -0.351 e. The Balaban J connectivity index is 2.42. The van der Waals surface area contributed by atoms with Gasteiger partial charge in [-0.1, -0.05) is 18.2 Å². The maximum Gasteiger partial charge on any atom is 0.147 e. The van der Waals surface area contributed by atoms with Gasteiger partial charge in [-0.25, -0.2) is 4.39 Å². The molecule has 0 atom stereocenters. The van der Waals surface area contributed by atoms with Gasteiger partial charge in [-0.15, -0.1) is 0 Å². The Morgan fingerprint density at radius 3 is 2.59 bits per heavy atom. The normalized spacial score (nSPS) is 9.71. The zero-order valence-corrected chi connectivity index (χ0v) is 10.3. The summed E-state index contributed by atoms with van der Waals surface area (Å²) < 4.78 is 14.2. The van der Waals surface area contributed by atoms with E-state index in [9.17, 15) is 4.39 Å². The lowest BCUT2D eigenvalue weighted by atomic mass is 10.2. The Morgan fingerprint density at radius 2 is 1.88 bits per heavy atom. The highest BCUT2D eigenvalue weighted by Gasteiger charge is 2.08. The zero-order chi connectivity index (χ0) is 12.3. The van der Waals surface area contributed by atoms with Crippen LogP contribution >= 0.6 is 15.9 Å². The molecule has 2 rings (SSSR count). The predicted molar refractivity (Wildman–Crippen MR) is 68.5 cm³/mol. The van der Waals surface area contributed by atoms with Gasteiger partial charge in [-0.05, 0) is 40.2 Å². The average Bonchev–Trinajstić information content (AvgIpc) is 2.34. The third kappa shape index (κ3) is 2.45. The second-order valence-electron chi connectivity index (χ2n) is 3.38. The molecule has 0 aliphatic heterocycles. The highest BCUT2D eigenvalue weighted by Crippen LogP contribution is 2.29. The molecule has 84 valence electrons. The molecule has 0 fully saturated rings. The van der Waals surface area contributed by atoms with E-state index < -0.39 is 0 Å². The Bertz CT molecular complexity index is 570. The van der Waals surface area contributed by atoms with Crippen LogP contribution in [-0.2, 0) is 0 Å². The van der Waals surface area contributed by atoms with Gasteiger partial charge in [-0.3, -0.25) is 0 Å². The molecule has 0 bridgehead atoms. The predicted octanol–water partition coefficient (Wildman–Crippen LogP) is 4.20. The summed E-state index contributed by atoms with van der Waals surface area (Å²) in [7, 11) is 0. The highest BCUT2D eigenvalue weighted by molar-refractivity contribution is 9.10. The molecule has 0 heterocycles. The Morgan fingerprint density at radius 1 is 1.12 bits per heavy atom. The van der Waals surface area contributed by atoms with E-state index in [2.05, 4.69) is 27.3 Å². The second-order valence-corrected chi connectivity index (χ2v) is 4.23. The first kappa shape index (κ1) is 11.6. The monoisotopic (exact) mass is 290 g/mol. The van der Waals surface area contributed by atoms with Crippen LogP contribution in [0.15, 0.2) is 46.9 Å². The Labute approximate surface area is 107 Å². The number of anilines is 2. The molecule has 0 radical (unpaired) electrons. The van der Waals surface area contributed by atoms with Crippen LogP contribution in [0, 0.1) is 17.1 Å². The largest absolute Gasteiger partial charge is 0.351 e. The molecule has 17 heavy (non-hydrogen) atoms. The Kier molecular flexibility index (Phi) is 3.40. The maximum atomic E-state index is 13.6. The molecule has 0 aliphatic rings. The van der Waals surface area contributed by atoms with Crippen molar-refractivity contribution in [1.29, 1.82) is 5.26 Å². The molecule has 0 saturated heterocycles. The summed E-state index contributed by atoms with van der Waals surface area (Å²) in [6, 6.07) is 13.7. The minimum absolute atomic E-state index is 0.329. The summed E-state index contributed by atoms with van der Waals surface area (Å²) in [6.07, 6.45) is 0. The number of nitriles is 1. The number of hydrogen-bond donors (Lipinski definition) is 1. The molecule has 0 unspecified atom stereocenters. The molecule has 0 aliphatic carbocycles. The molecule has 0 spiro atoms. The first-order valence-electron chi connectivity index (χ1n) is 4.92. The third-order valence-electron chi connectivity index (χ3n) is 2.27. The first-order valence-corrected chi connectivity index (χ1v) is 5.72. The van der Waals surface area contributed by atoms with Crippen molar-refractivity contribution in [2.45, 2.75) is 0 Å². The fourth-order valence-corrected chi connectivity index (χ4v) is 1.88. The van der Waals surface area contributed by atoms with Gasteiger partial charge in [0.15, 0.2) is 0 Å². The van der Waals surface area contributed by atoms with Crippen LogP contribution in [-0.4, -0.2) is 0 Å². The zero-order valence-electron chi connectivity index (χ0n) is 8.74. The van der Waals surface area contributed by atoms with Crippen LogP contribution in [0.4, 0.5) is 15.8 Å². The van der Waals surface area contributed by atoms with Crippen molar-refractivity contribution in [2.24, 2.45) is 0 Å². The van der Waals surface area contributed by atoms with Crippen LogP contribution < -0.4 is 5.32 Å². The molecule has 0 saturated carbocycles. The van der Waals surface area contributed by atoms with E-state index in [-0.39, 0.29) is 5.82 Å². The van der Waals surface area contributed by atoms with E-state index in [1.807, 2.05) is 0 Å². The molecular weight excluding hydrogens is 283 g/mol. The molecule has 0 amide bonds. The van der Waals surface area contributed by atoms with Crippen LogP contribution in [0.1, 0.15) is 5.56 Å². The fraction of sp³-hybridized carbons (Fsp3) is 0. The number of para-hydroxylation sites is 2. The van der Waals surface area contributed by atoms with Crippen molar-refractivity contribution < 1.29 is 4.39 Å². The van der Waals surface area contributed by atoms with Crippen molar-refractivity contribution in [1.82, 2.24) is 0 Å². The van der Waals surface area contributed by atoms with E-state index in [0.717, 1.165) is 0 Å². The number of benzene rings is 2. The smallest absolute Gasteiger partial charge is 0.147 e. The van der Waals surface area contributed by atoms with Crippen molar-refractivity contribution >= 4 is 27.3 Å². The van der Waals surface area contributed by atoms with Crippen LogP contribution in [0.3, 0.4) is 0 Å². The van der Waals surface area contributed by atoms with E-state index in [1.165, 1.54) is 6.07 Å². The minimum atomic E-state index is -0.368. The van der Waals surface area contributed by atoms with Gasteiger partial charge in [0.25, 0.3) is 0 Å². The summed E-state index contributed by atoms with van der Waals surface area (Å²) in [5, 5.41) is 11.9. The molecule has 4 heteroatoms. The standard InChI is InChI=1S/C13H8BrFN2/c14-10-5-3-6-11(15)13(10)17-12-7-2-1-4-9(12)8-16/h1-7,17H. The number of halogens is 2.